The van der Waals surface area contributed by atoms with Gasteiger partial charge in [0.15, 0.2) is 4.96 Å². The molecule has 6 nitrogen and oxygen atoms in total. The quantitative estimate of drug-likeness (QED) is 0.451. The van der Waals surface area contributed by atoms with E-state index in [4.69, 9.17) is 9.47 Å². The van der Waals surface area contributed by atoms with Crippen LogP contribution in [0.5, 0.6) is 11.5 Å². The molecule has 0 unspecified atom stereocenters. The Morgan fingerprint density at radius 2 is 1.90 bits per heavy atom. The molecule has 1 amide bonds. The van der Waals surface area contributed by atoms with Crippen LogP contribution in [0.4, 0.5) is 0 Å². The Morgan fingerprint density at radius 3 is 2.66 bits per heavy atom. The topological polar surface area (TPSA) is 64.9 Å². The molecule has 0 spiro atoms. The number of nitrogens with one attached hydrogen (secondary N) is 1. The van der Waals surface area contributed by atoms with Gasteiger partial charge in [-0.05, 0) is 36.4 Å². The highest BCUT2D eigenvalue weighted by atomic mass is 32.1. The number of rotatable bonds is 8. The smallest absolute Gasteiger partial charge is 0.226 e. The van der Waals surface area contributed by atoms with Crippen molar-refractivity contribution in [2.24, 2.45) is 0 Å². The number of carbonyl (C=O) groups is 1. The van der Waals surface area contributed by atoms with Crippen LogP contribution in [0.3, 0.4) is 0 Å². The molecule has 0 atom stereocenters. The number of carbonyl (C=O) groups excluding carboxylic acids is 1. The number of hydrogen-bond acceptors (Lipinski definition) is 5. The Bertz CT molecular complexity index is 1090. The number of thiazole rings is 1. The fraction of sp³-hybridized carbons (Fsp3) is 0.182. The van der Waals surface area contributed by atoms with Crippen LogP contribution in [-0.4, -0.2) is 35.6 Å². The number of ether oxygens (including phenoxy) is 2. The molecule has 0 bridgehead atoms. The minimum atomic E-state index is -0.0407. The summed E-state index contributed by atoms with van der Waals surface area (Å²) in [6.45, 7) is 0.892. The number of hydrogen-bond donors (Lipinski definition) is 1. The SMILES string of the molecule is COc1ccc(-c2cn3c(CC(=O)NCCOc4ccccc4)csc3n2)cc1. The highest BCUT2D eigenvalue weighted by Gasteiger charge is 2.12. The number of nitrogens with zero attached hydrogens (tertiary/aromatic N) is 2. The van der Waals surface area contributed by atoms with Crippen molar-refractivity contribution in [1.82, 2.24) is 14.7 Å². The number of aromatic nitrogens is 2. The summed E-state index contributed by atoms with van der Waals surface area (Å²) in [6.07, 6.45) is 2.26. The Kier molecular flexibility index (Phi) is 5.76. The van der Waals surface area contributed by atoms with Crippen molar-refractivity contribution in [3.05, 3.63) is 71.9 Å². The predicted octanol–water partition coefficient (Wildman–Crippen LogP) is 3.81. The fourth-order valence-electron chi connectivity index (χ4n) is 2.96. The first-order valence-corrected chi connectivity index (χ1v) is 10.2. The van der Waals surface area contributed by atoms with E-state index >= 15 is 0 Å². The molecule has 0 aliphatic heterocycles. The number of imidazole rings is 1. The van der Waals surface area contributed by atoms with E-state index in [1.165, 1.54) is 11.3 Å². The van der Waals surface area contributed by atoms with Gasteiger partial charge in [-0.25, -0.2) is 4.98 Å². The van der Waals surface area contributed by atoms with Crippen molar-refractivity contribution < 1.29 is 14.3 Å². The fourth-order valence-corrected chi connectivity index (χ4v) is 3.83. The van der Waals surface area contributed by atoms with Crippen LogP contribution >= 0.6 is 11.3 Å². The third kappa shape index (κ3) is 4.57. The molecular formula is C22H21N3O3S. The summed E-state index contributed by atoms with van der Waals surface area (Å²) in [6, 6.07) is 17.3. The molecule has 0 saturated carbocycles. The summed E-state index contributed by atoms with van der Waals surface area (Å²) in [5, 5.41) is 4.87. The molecule has 1 N–H and O–H groups in total. The molecule has 0 saturated heterocycles. The van der Waals surface area contributed by atoms with Gasteiger partial charge in [0.2, 0.25) is 5.91 Å². The molecule has 2 heterocycles. The molecule has 0 radical (unpaired) electrons. The second-order valence-corrected chi connectivity index (χ2v) is 7.26. The Labute approximate surface area is 172 Å². The van der Waals surface area contributed by atoms with Crippen molar-refractivity contribution in [1.29, 1.82) is 0 Å². The van der Waals surface area contributed by atoms with Gasteiger partial charge < -0.3 is 14.8 Å². The maximum Gasteiger partial charge on any atom is 0.226 e. The Hall–Kier alpha value is -3.32. The van der Waals surface area contributed by atoms with E-state index in [1.54, 1.807) is 7.11 Å². The van der Waals surface area contributed by atoms with E-state index < -0.39 is 0 Å². The normalized spacial score (nSPS) is 10.8. The maximum absolute atomic E-state index is 12.3. The monoisotopic (exact) mass is 407 g/mol. The highest BCUT2D eigenvalue weighted by Crippen LogP contribution is 2.25. The lowest BCUT2D eigenvalue weighted by atomic mass is 10.2. The van der Waals surface area contributed by atoms with Crippen LogP contribution in [0.1, 0.15) is 5.69 Å². The van der Waals surface area contributed by atoms with Crippen molar-refractivity contribution in [3.63, 3.8) is 0 Å². The van der Waals surface area contributed by atoms with Gasteiger partial charge in [-0.1, -0.05) is 18.2 Å². The molecule has 2 aromatic heterocycles. The summed E-state index contributed by atoms with van der Waals surface area (Å²) in [5.74, 6) is 1.57. The van der Waals surface area contributed by atoms with Crippen molar-refractivity contribution >= 4 is 22.2 Å². The van der Waals surface area contributed by atoms with Gasteiger partial charge in [0.25, 0.3) is 0 Å². The molecule has 4 rings (SSSR count). The molecule has 0 aliphatic carbocycles. The van der Waals surface area contributed by atoms with Crippen LogP contribution in [-0.2, 0) is 11.2 Å². The zero-order chi connectivity index (χ0) is 20.1. The second-order valence-electron chi connectivity index (χ2n) is 6.42. The largest absolute Gasteiger partial charge is 0.497 e. The zero-order valence-electron chi connectivity index (χ0n) is 16.0. The number of fused-ring (bicyclic) bond motifs is 1. The first kappa shape index (κ1) is 19.0. The summed E-state index contributed by atoms with van der Waals surface area (Å²) in [5.41, 5.74) is 2.80. The average Bonchev–Trinajstić information content (AvgIpc) is 3.34. The first-order valence-electron chi connectivity index (χ1n) is 9.27. The summed E-state index contributed by atoms with van der Waals surface area (Å²) >= 11 is 1.53. The van der Waals surface area contributed by atoms with Crippen molar-refractivity contribution in [3.8, 4) is 22.8 Å². The van der Waals surface area contributed by atoms with Gasteiger partial charge in [-0.15, -0.1) is 11.3 Å². The Balaban J connectivity index is 1.35. The first-order chi connectivity index (χ1) is 14.2. The molecule has 7 heteroatoms. The van der Waals surface area contributed by atoms with Gasteiger partial charge in [0.05, 0.1) is 25.8 Å². The predicted molar refractivity (Wildman–Crippen MR) is 114 cm³/mol. The molecule has 29 heavy (non-hydrogen) atoms. The molecule has 0 aliphatic rings. The second kappa shape index (κ2) is 8.79. The van der Waals surface area contributed by atoms with E-state index in [-0.39, 0.29) is 5.91 Å². The lowest BCUT2D eigenvalue weighted by molar-refractivity contribution is -0.120. The number of para-hydroxylation sites is 1. The van der Waals surface area contributed by atoms with Crippen molar-refractivity contribution in [2.75, 3.05) is 20.3 Å². The van der Waals surface area contributed by atoms with E-state index in [0.717, 1.165) is 33.4 Å². The van der Waals surface area contributed by atoms with Gasteiger partial charge in [-0.2, -0.15) is 0 Å². The minimum Gasteiger partial charge on any atom is -0.497 e. The summed E-state index contributed by atoms with van der Waals surface area (Å²) in [7, 11) is 1.65. The lowest BCUT2D eigenvalue weighted by Gasteiger charge is -2.07. The molecule has 148 valence electrons. The van der Waals surface area contributed by atoms with Crippen LogP contribution < -0.4 is 14.8 Å². The van der Waals surface area contributed by atoms with Gasteiger partial charge in [0, 0.05) is 22.8 Å². The Morgan fingerprint density at radius 1 is 1.10 bits per heavy atom. The van der Waals surface area contributed by atoms with Gasteiger partial charge in [0.1, 0.15) is 18.1 Å². The standard InChI is InChI=1S/C22H21N3O3S/c1-27-18-9-7-16(8-10-18)20-14-25-17(15-29-22(25)24-20)13-21(26)23-11-12-28-19-5-3-2-4-6-19/h2-10,14-15H,11-13H2,1H3,(H,23,26). The van der Waals surface area contributed by atoms with Crippen molar-refractivity contribution in [2.45, 2.75) is 6.42 Å². The van der Waals surface area contributed by atoms with E-state index in [0.29, 0.717) is 19.6 Å². The molecule has 0 fully saturated rings. The van der Waals surface area contributed by atoms with E-state index in [9.17, 15) is 4.79 Å². The molecule has 2 aromatic carbocycles. The van der Waals surface area contributed by atoms with Gasteiger partial charge in [-0.3, -0.25) is 9.20 Å². The summed E-state index contributed by atoms with van der Waals surface area (Å²) < 4.78 is 12.8. The minimum absolute atomic E-state index is 0.0407. The summed E-state index contributed by atoms with van der Waals surface area (Å²) in [4.78, 5) is 17.8. The molecular weight excluding hydrogens is 386 g/mol. The number of benzene rings is 2. The maximum atomic E-state index is 12.3. The number of methoxy groups -OCH3 is 1. The molecule has 4 aromatic rings. The van der Waals surface area contributed by atoms with Crippen LogP contribution in [0.25, 0.3) is 16.2 Å². The lowest BCUT2D eigenvalue weighted by Crippen LogP contribution is -2.29. The van der Waals surface area contributed by atoms with E-state index in [2.05, 4.69) is 10.3 Å². The van der Waals surface area contributed by atoms with Crippen LogP contribution in [0.15, 0.2) is 66.2 Å². The van der Waals surface area contributed by atoms with Crippen LogP contribution in [0, 0.1) is 0 Å². The van der Waals surface area contributed by atoms with Gasteiger partial charge >= 0.3 is 0 Å². The average molecular weight is 407 g/mol. The highest BCUT2D eigenvalue weighted by molar-refractivity contribution is 7.15. The third-order valence-corrected chi connectivity index (χ3v) is 5.34. The van der Waals surface area contributed by atoms with E-state index in [1.807, 2.05) is 70.6 Å². The number of amides is 1. The third-order valence-electron chi connectivity index (χ3n) is 4.45. The zero-order valence-corrected chi connectivity index (χ0v) is 16.8. The van der Waals surface area contributed by atoms with Crippen LogP contribution in [0.2, 0.25) is 0 Å².